The molecule has 0 bridgehead atoms. The second-order valence-electron chi connectivity index (χ2n) is 4.41. The molecule has 0 fully saturated rings. The predicted octanol–water partition coefficient (Wildman–Crippen LogP) is 5.25. The van der Waals surface area contributed by atoms with Crippen molar-refractivity contribution in [2.45, 2.75) is 18.2 Å². The van der Waals surface area contributed by atoms with E-state index in [1.807, 2.05) is 0 Å². The molecule has 6 heteroatoms. The molecular formula is C15H11ClF4O. The molecule has 0 N–H and O–H groups in total. The van der Waals surface area contributed by atoms with E-state index in [0.717, 1.165) is 5.56 Å². The van der Waals surface area contributed by atoms with E-state index < -0.39 is 11.7 Å². The number of hydrogen-bond donors (Lipinski definition) is 0. The number of ether oxygens (including phenoxy) is 1. The summed E-state index contributed by atoms with van der Waals surface area (Å²) < 4.78 is 52.7. The van der Waals surface area contributed by atoms with Crippen LogP contribution in [0.5, 0.6) is 5.75 Å². The van der Waals surface area contributed by atoms with Gasteiger partial charge in [0.25, 0.3) is 0 Å². The molecule has 2 aromatic rings. The SMILES string of the molecule is Fc1ccc(CC(Cl)c2ccc(OC(F)(F)F)cc2)cc1. The highest BCUT2D eigenvalue weighted by molar-refractivity contribution is 6.20. The van der Waals surface area contributed by atoms with Gasteiger partial charge in [-0.05, 0) is 41.8 Å². The van der Waals surface area contributed by atoms with Crippen molar-refractivity contribution >= 4 is 11.6 Å². The van der Waals surface area contributed by atoms with Crippen molar-refractivity contribution in [2.24, 2.45) is 0 Å². The third kappa shape index (κ3) is 4.93. The molecule has 0 aromatic heterocycles. The first kappa shape index (κ1) is 15.6. The minimum Gasteiger partial charge on any atom is -0.406 e. The zero-order valence-corrected chi connectivity index (χ0v) is 11.5. The van der Waals surface area contributed by atoms with E-state index in [4.69, 9.17) is 11.6 Å². The maximum atomic E-state index is 12.8. The Labute approximate surface area is 124 Å². The van der Waals surface area contributed by atoms with Gasteiger partial charge < -0.3 is 4.74 Å². The number of halogens is 5. The van der Waals surface area contributed by atoms with Crippen LogP contribution in [-0.2, 0) is 6.42 Å². The summed E-state index contributed by atoms with van der Waals surface area (Å²) in [5, 5.41) is -0.421. The van der Waals surface area contributed by atoms with Gasteiger partial charge in [0.15, 0.2) is 0 Å². The third-order valence-electron chi connectivity index (χ3n) is 2.80. The lowest BCUT2D eigenvalue weighted by Gasteiger charge is -2.12. The molecule has 0 spiro atoms. The molecule has 2 rings (SSSR count). The monoisotopic (exact) mass is 318 g/mol. The minimum atomic E-state index is -4.71. The predicted molar refractivity (Wildman–Crippen MR) is 71.8 cm³/mol. The van der Waals surface area contributed by atoms with Crippen molar-refractivity contribution in [2.75, 3.05) is 0 Å². The van der Waals surface area contributed by atoms with E-state index in [-0.39, 0.29) is 11.6 Å². The first-order valence-corrected chi connectivity index (χ1v) is 6.51. The van der Waals surface area contributed by atoms with Gasteiger partial charge in [0.2, 0.25) is 0 Å². The number of alkyl halides is 4. The average molecular weight is 319 g/mol. The molecule has 2 aromatic carbocycles. The molecule has 112 valence electrons. The van der Waals surface area contributed by atoms with Crippen LogP contribution in [-0.4, -0.2) is 6.36 Å². The van der Waals surface area contributed by atoms with Crippen molar-refractivity contribution < 1.29 is 22.3 Å². The van der Waals surface area contributed by atoms with Crippen LogP contribution in [0.1, 0.15) is 16.5 Å². The standard InChI is InChI=1S/C15H11ClF4O/c16-14(9-10-1-5-12(17)6-2-10)11-3-7-13(8-4-11)21-15(18,19)20/h1-8,14H,9H2. The summed E-state index contributed by atoms with van der Waals surface area (Å²) in [4.78, 5) is 0. The Morgan fingerprint density at radius 2 is 1.52 bits per heavy atom. The van der Waals surface area contributed by atoms with E-state index in [1.165, 1.54) is 36.4 Å². The molecular weight excluding hydrogens is 308 g/mol. The topological polar surface area (TPSA) is 9.23 Å². The zero-order chi connectivity index (χ0) is 15.5. The highest BCUT2D eigenvalue weighted by atomic mass is 35.5. The van der Waals surface area contributed by atoms with Gasteiger partial charge in [0.1, 0.15) is 11.6 Å². The first-order chi connectivity index (χ1) is 9.83. The van der Waals surface area contributed by atoms with Crippen molar-refractivity contribution in [1.29, 1.82) is 0 Å². The summed E-state index contributed by atoms with van der Waals surface area (Å²) in [6.45, 7) is 0. The van der Waals surface area contributed by atoms with Gasteiger partial charge in [-0.2, -0.15) is 0 Å². The van der Waals surface area contributed by atoms with Crippen LogP contribution in [0.4, 0.5) is 17.6 Å². The fourth-order valence-corrected chi connectivity index (χ4v) is 2.15. The molecule has 0 amide bonds. The van der Waals surface area contributed by atoms with Gasteiger partial charge in [-0.15, -0.1) is 24.8 Å². The molecule has 0 heterocycles. The van der Waals surface area contributed by atoms with Crippen LogP contribution < -0.4 is 4.74 Å². The highest BCUT2D eigenvalue weighted by Crippen LogP contribution is 2.28. The molecule has 0 aliphatic heterocycles. The third-order valence-corrected chi connectivity index (χ3v) is 3.21. The van der Waals surface area contributed by atoms with E-state index in [0.29, 0.717) is 12.0 Å². The Hall–Kier alpha value is -1.75. The first-order valence-electron chi connectivity index (χ1n) is 6.08. The Bertz CT molecular complexity index is 578. The smallest absolute Gasteiger partial charge is 0.406 e. The Morgan fingerprint density at radius 1 is 0.952 bits per heavy atom. The van der Waals surface area contributed by atoms with Crippen molar-refractivity contribution in [3.8, 4) is 5.75 Å². The fraction of sp³-hybridized carbons (Fsp3) is 0.200. The maximum Gasteiger partial charge on any atom is 0.573 e. The lowest BCUT2D eigenvalue weighted by atomic mass is 10.0. The van der Waals surface area contributed by atoms with Crippen molar-refractivity contribution in [3.63, 3.8) is 0 Å². The van der Waals surface area contributed by atoms with E-state index >= 15 is 0 Å². The highest BCUT2D eigenvalue weighted by Gasteiger charge is 2.31. The molecule has 0 aliphatic carbocycles. The second kappa shape index (κ2) is 6.35. The van der Waals surface area contributed by atoms with Gasteiger partial charge >= 0.3 is 6.36 Å². The summed E-state index contributed by atoms with van der Waals surface area (Å²) in [6.07, 6.45) is -4.27. The molecule has 1 unspecified atom stereocenters. The number of hydrogen-bond acceptors (Lipinski definition) is 1. The van der Waals surface area contributed by atoms with Crippen LogP contribution in [0, 0.1) is 5.82 Å². The normalized spacial score (nSPS) is 13.0. The molecule has 0 aliphatic rings. The van der Waals surface area contributed by atoms with Gasteiger partial charge in [-0.25, -0.2) is 4.39 Å². The van der Waals surface area contributed by atoms with Crippen LogP contribution in [0.3, 0.4) is 0 Å². The van der Waals surface area contributed by atoms with Crippen LogP contribution in [0.25, 0.3) is 0 Å². The van der Waals surface area contributed by atoms with Crippen molar-refractivity contribution in [3.05, 3.63) is 65.5 Å². The van der Waals surface area contributed by atoms with E-state index in [2.05, 4.69) is 4.74 Å². The zero-order valence-electron chi connectivity index (χ0n) is 10.7. The van der Waals surface area contributed by atoms with Gasteiger partial charge in [0, 0.05) is 0 Å². The molecule has 0 saturated heterocycles. The van der Waals surface area contributed by atoms with E-state index in [1.54, 1.807) is 12.1 Å². The molecule has 0 radical (unpaired) electrons. The average Bonchev–Trinajstić information content (AvgIpc) is 2.40. The number of rotatable bonds is 4. The Morgan fingerprint density at radius 3 is 2.05 bits per heavy atom. The second-order valence-corrected chi connectivity index (χ2v) is 4.94. The largest absolute Gasteiger partial charge is 0.573 e. The lowest BCUT2D eigenvalue weighted by molar-refractivity contribution is -0.274. The van der Waals surface area contributed by atoms with Gasteiger partial charge in [-0.1, -0.05) is 24.3 Å². The van der Waals surface area contributed by atoms with Crippen LogP contribution >= 0.6 is 11.6 Å². The Kier molecular flexibility index (Phi) is 4.73. The lowest BCUT2D eigenvalue weighted by Crippen LogP contribution is -2.17. The molecule has 1 atom stereocenters. The quantitative estimate of drug-likeness (QED) is 0.553. The van der Waals surface area contributed by atoms with E-state index in [9.17, 15) is 17.6 Å². The summed E-state index contributed by atoms with van der Waals surface area (Å²) in [6, 6.07) is 11.3. The van der Waals surface area contributed by atoms with Gasteiger partial charge in [-0.3, -0.25) is 0 Å². The summed E-state index contributed by atoms with van der Waals surface area (Å²) in [7, 11) is 0. The minimum absolute atomic E-state index is 0.295. The van der Waals surface area contributed by atoms with Crippen LogP contribution in [0.2, 0.25) is 0 Å². The Balaban J connectivity index is 2.02. The van der Waals surface area contributed by atoms with Crippen LogP contribution in [0.15, 0.2) is 48.5 Å². The summed E-state index contributed by atoms with van der Waals surface area (Å²) in [5.41, 5.74) is 1.50. The maximum absolute atomic E-state index is 12.8. The fourth-order valence-electron chi connectivity index (χ4n) is 1.82. The molecule has 21 heavy (non-hydrogen) atoms. The molecule has 1 nitrogen and oxygen atoms in total. The molecule has 0 saturated carbocycles. The summed E-state index contributed by atoms with van der Waals surface area (Å²) in [5.74, 6) is -0.629. The number of benzene rings is 2. The van der Waals surface area contributed by atoms with Gasteiger partial charge in [0.05, 0.1) is 5.38 Å². The summed E-state index contributed by atoms with van der Waals surface area (Å²) >= 11 is 6.21. The van der Waals surface area contributed by atoms with Crippen molar-refractivity contribution in [1.82, 2.24) is 0 Å².